The van der Waals surface area contributed by atoms with E-state index >= 15 is 0 Å². The van der Waals surface area contributed by atoms with Crippen LogP contribution in [0.4, 0.5) is 0 Å². The fraction of sp³-hybridized carbons (Fsp3) is 0.833. The molecular formula is C6H11NO6. The molecule has 0 spiro atoms. The molecule has 0 bridgehead atoms. The number of carboxylic acids is 1. The minimum Gasteiger partial charge on any atom is -0.480 e. The SMILES string of the molecule is N[C@@H](C(=O)O)C1O[C@H](O)[C@H](O)[C@H]1O. The van der Waals surface area contributed by atoms with E-state index in [4.69, 9.17) is 26.2 Å². The molecule has 5 atom stereocenters. The summed E-state index contributed by atoms with van der Waals surface area (Å²) in [6, 6.07) is -1.47. The molecule has 6 N–H and O–H groups in total. The van der Waals surface area contributed by atoms with Crippen LogP contribution >= 0.6 is 0 Å². The highest BCUT2D eigenvalue weighted by Gasteiger charge is 2.46. The highest BCUT2D eigenvalue weighted by molar-refractivity contribution is 5.74. The molecule has 13 heavy (non-hydrogen) atoms. The minimum absolute atomic E-state index is 1.29. The molecule has 0 aromatic carbocycles. The lowest BCUT2D eigenvalue weighted by molar-refractivity contribution is -0.151. The topological polar surface area (TPSA) is 133 Å². The van der Waals surface area contributed by atoms with E-state index in [1.54, 1.807) is 0 Å². The maximum Gasteiger partial charge on any atom is 0.323 e. The Kier molecular flexibility index (Phi) is 2.84. The van der Waals surface area contributed by atoms with Gasteiger partial charge in [-0.2, -0.15) is 0 Å². The third kappa shape index (κ3) is 1.79. The summed E-state index contributed by atoms with van der Waals surface area (Å²) in [6.45, 7) is 0. The summed E-state index contributed by atoms with van der Waals surface area (Å²) in [5.41, 5.74) is 5.13. The van der Waals surface area contributed by atoms with Crippen molar-refractivity contribution in [1.82, 2.24) is 0 Å². The van der Waals surface area contributed by atoms with Crippen molar-refractivity contribution >= 4 is 5.97 Å². The quantitative estimate of drug-likeness (QED) is 0.312. The summed E-state index contributed by atoms with van der Waals surface area (Å²) in [5.74, 6) is -1.37. The number of hydrogen-bond donors (Lipinski definition) is 5. The number of aliphatic hydroxyl groups is 3. The number of nitrogens with two attached hydrogens (primary N) is 1. The summed E-state index contributed by atoms with van der Waals surface area (Å²) < 4.78 is 4.56. The highest BCUT2D eigenvalue weighted by Crippen LogP contribution is 2.21. The van der Waals surface area contributed by atoms with Crippen LogP contribution in [0.1, 0.15) is 0 Å². The zero-order valence-corrected chi connectivity index (χ0v) is 6.57. The van der Waals surface area contributed by atoms with Crippen LogP contribution in [0.2, 0.25) is 0 Å². The Bertz CT molecular complexity index is 209. The average molecular weight is 193 g/mol. The molecule has 1 unspecified atom stereocenters. The molecule has 1 rings (SSSR count). The van der Waals surface area contributed by atoms with Gasteiger partial charge in [-0.05, 0) is 0 Å². The molecule has 0 amide bonds. The fourth-order valence-corrected chi connectivity index (χ4v) is 1.12. The zero-order chi connectivity index (χ0) is 10.2. The predicted molar refractivity (Wildman–Crippen MR) is 38.5 cm³/mol. The monoisotopic (exact) mass is 193 g/mol. The average Bonchev–Trinajstić information content (AvgIpc) is 2.31. The summed E-state index contributed by atoms with van der Waals surface area (Å²) >= 11 is 0. The summed E-state index contributed by atoms with van der Waals surface area (Å²) in [6.07, 6.45) is -5.88. The van der Waals surface area contributed by atoms with E-state index in [9.17, 15) is 4.79 Å². The first-order valence-corrected chi connectivity index (χ1v) is 3.63. The minimum atomic E-state index is -1.59. The molecule has 1 saturated heterocycles. The van der Waals surface area contributed by atoms with Gasteiger partial charge in [-0.25, -0.2) is 0 Å². The van der Waals surface area contributed by atoms with Gasteiger partial charge < -0.3 is 30.9 Å². The number of hydrogen-bond acceptors (Lipinski definition) is 6. The van der Waals surface area contributed by atoms with Crippen molar-refractivity contribution in [2.24, 2.45) is 5.73 Å². The smallest absolute Gasteiger partial charge is 0.323 e. The molecule has 76 valence electrons. The number of aliphatic carboxylic acids is 1. The van der Waals surface area contributed by atoms with Gasteiger partial charge >= 0.3 is 5.97 Å². The van der Waals surface area contributed by atoms with Crippen LogP contribution < -0.4 is 5.73 Å². The third-order valence-corrected chi connectivity index (χ3v) is 1.91. The van der Waals surface area contributed by atoms with E-state index in [1.807, 2.05) is 0 Å². The van der Waals surface area contributed by atoms with E-state index in [2.05, 4.69) is 4.74 Å². The molecule has 0 aromatic rings. The van der Waals surface area contributed by atoms with E-state index in [1.165, 1.54) is 0 Å². The van der Waals surface area contributed by atoms with Crippen molar-refractivity contribution in [3.8, 4) is 0 Å². The molecule has 7 nitrogen and oxygen atoms in total. The number of aliphatic hydroxyl groups excluding tert-OH is 3. The van der Waals surface area contributed by atoms with Crippen LogP contribution in [0.5, 0.6) is 0 Å². The maximum absolute atomic E-state index is 10.4. The molecule has 1 fully saturated rings. The Labute approximate surface area is 73.4 Å². The number of ether oxygens (including phenoxy) is 1. The molecule has 1 aliphatic heterocycles. The Balaban J connectivity index is 2.68. The van der Waals surface area contributed by atoms with E-state index < -0.39 is 36.6 Å². The van der Waals surface area contributed by atoms with E-state index in [0.29, 0.717) is 0 Å². The normalized spacial score (nSPS) is 41.8. The number of carboxylic acid groups (broad SMARTS) is 1. The second-order valence-electron chi connectivity index (χ2n) is 2.84. The van der Waals surface area contributed by atoms with E-state index in [0.717, 1.165) is 0 Å². The van der Waals surface area contributed by atoms with Crippen molar-refractivity contribution in [2.75, 3.05) is 0 Å². The summed E-state index contributed by atoms with van der Waals surface area (Å²) in [7, 11) is 0. The predicted octanol–water partition coefficient (Wildman–Crippen LogP) is -3.16. The van der Waals surface area contributed by atoms with Crippen LogP contribution in [0.25, 0.3) is 0 Å². The van der Waals surface area contributed by atoms with Gasteiger partial charge in [0.15, 0.2) is 6.29 Å². The lowest BCUT2D eigenvalue weighted by Crippen LogP contribution is -2.48. The van der Waals surface area contributed by atoms with Crippen molar-refractivity contribution in [3.63, 3.8) is 0 Å². The molecule has 1 aliphatic rings. The lowest BCUT2D eigenvalue weighted by Gasteiger charge is -2.17. The first-order valence-electron chi connectivity index (χ1n) is 3.63. The molecule has 7 heteroatoms. The van der Waals surface area contributed by atoms with Gasteiger partial charge in [0.25, 0.3) is 0 Å². The van der Waals surface area contributed by atoms with Gasteiger partial charge in [-0.1, -0.05) is 0 Å². The Hall–Kier alpha value is -0.730. The molecular weight excluding hydrogens is 182 g/mol. The van der Waals surface area contributed by atoms with Gasteiger partial charge in [0.2, 0.25) is 0 Å². The maximum atomic E-state index is 10.4. The first-order chi connectivity index (χ1) is 5.95. The fourth-order valence-electron chi connectivity index (χ4n) is 1.12. The Morgan fingerprint density at radius 3 is 2.15 bits per heavy atom. The van der Waals surface area contributed by atoms with Crippen LogP contribution in [0.3, 0.4) is 0 Å². The van der Waals surface area contributed by atoms with Crippen molar-refractivity contribution in [2.45, 2.75) is 30.6 Å². The first kappa shape index (κ1) is 10.4. The zero-order valence-electron chi connectivity index (χ0n) is 6.57. The second kappa shape index (κ2) is 3.56. The van der Waals surface area contributed by atoms with Crippen molar-refractivity contribution in [3.05, 3.63) is 0 Å². The van der Waals surface area contributed by atoms with Crippen LogP contribution in [-0.4, -0.2) is 57.0 Å². The van der Waals surface area contributed by atoms with Crippen LogP contribution in [-0.2, 0) is 9.53 Å². The van der Waals surface area contributed by atoms with Gasteiger partial charge in [0.1, 0.15) is 24.4 Å². The number of carbonyl (C=O) groups is 1. The second-order valence-corrected chi connectivity index (χ2v) is 2.84. The third-order valence-electron chi connectivity index (χ3n) is 1.91. The number of rotatable bonds is 2. The van der Waals surface area contributed by atoms with Crippen molar-refractivity contribution < 1.29 is 30.0 Å². The van der Waals surface area contributed by atoms with Gasteiger partial charge in [0.05, 0.1) is 0 Å². The molecule has 0 aliphatic carbocycles. The van der Waals surface area contributed by atoms with Gasteiger partial charge in [0, 0.05) is 0 Å². The highest BCUT2D eigenvalue weighted by atomic mass is 16.6. The van der Waals surface area contributed by atoms with Crippen LogP contribution in [0.15, 0.2) is 0 Å². The van der Waals surface area contributed by atoms with Crippen molar-refractivity contribution in [1.29, 1.82) is 0 Å². The van der Waals surface area contributed by atoms with Gasteiger partial charge in [-0.3, -0.25) is 4.79 Å². The van der Waals surface area contributed by atoms with E-state index in [-0.39, 0.29) is 0 Å². The molecule has 0 aromatic heterocycles. The summed E-state index contributed by atoms with van der Waals surface area (Å²) in [5, 5.41) is 35.5. The lowest BCUT2D eigenvalue weighted by atomic mass is 10.0. The molecule has 0 radical (unpaired) electrons. The molecule has 0 saturated carbocycles. The van der Waals surface area contributed by atoms with Crippen LogP contribution in [0, 0.1) is 0 Å². The standard InChI is InChI=1S/C6H11NO6/c7-1(5(10)11)4-2(8)3(9)6(12)13-4/h1-4,6,8-9,12H,7H2,(H,10,11)/t1-,2-,3-,4?,6+/m1/s1. The Morgan fingerprint density at radius 1 is 1.31 bits per heavy atom. The molecule has 1 heterocycles. The largest absolute Gasteiger partial charge is 0.480 e. The summed E-state index contributed by atoms with van der Waals surface area (Å²) in [4.78, 5) is 10.4. The van der Waals surface area contributed by atoms with Gasteiger partial charge in [-0.15, -0.1) is 0 Å². The Morgan fingerprint density at radius 2 is 1.85 bits per heavy atom.